The molecule has 20 heavy (non-hydrogen) atoms. The predicted octanol–water partition coefficient (Wildman–Crippen LogP) is 2.79. The number of amides is 1. The fourth-order valence-electron chi connectivity index (χ4n) is 3.09. The SMILES string of the molecule is COC1(CC(=O)N2CCCNc3ccccc32)CCC1. The van der Waals surface area contributed by atoms with Gasteiger partial charge in [0.05, 0.1) is 23.4 Å². The molecule has 0 aromatic heterocycles. The molecule has 1 aliphatic carbocycles. The fraction of sp³-hybridized carbons (Fsp3) is 0.562. The molecule has 1 aromatic rings. The van der Waals surface area contributed by atoms with Gasteiger partial charge >= 0.3 is 0 Å². The van der Waals surface area contributed by atoms with Crippen LogP contribution in [0.15, 0.2) is 24.3 Å². The standard InChI is InChI=1S/C16H22N2O2/c1-20-16(8-4-9-16)12-15(19)18-11-5-10-17-13-6-2-3-7-14(13)18/h2-3,6-7,17H,4-5,8-12H2,1H3. The summed E-state index contributed by atoms with van der Waals surface area (Å²) in [6.07, 6.45) is 4.64. The molecule has 3 rings (SSSR count). The molecule has 108 valence electrons. The number of ether oxygens (including phenoxy) is 1. The highest BCUT2D eigenvalue weighted by Crippen LogP contribution is 2.39. The van der Waals surface area contributed by atoms with Crippen molar-refractivity contribution in [3.8, 4) is 0 Å². The first-order valence-electron chi connectivity index (χ1n) is 7.43. The number of fused-ring (bicyclic) bond motifs is 1. The number of hydrogen-bond acceptors (Lipinski definition) is 3. The third kappa shape index (κ3) is 2.40. The normalized spacial score (nSPS) is 20.4. The molecular formula is C16H22N2O2. The van der Waals surface area contributed by atoms with Crippen LogP contribution < -0.4 is 10.2 Å². The van der Waals surface area contributed by atoms with Gasteiger partial charge in [-0.25, -0.2) is 0 Å². The smallest absolute Gasteiger partial charge is 0.229 e. The van der Waals surface area contributed by atoms with Crippen molar-refractivity contribution in [2.45, 2.75) is 37.7 Å². The topological polar surface area (TPSA) is 41.6 Å². The predicted molar refractivity (Wildman–Crippen MR) is 80.1 cm³/mol. The van der Waals surface area contributed by atoms with E-state index >= 15 is 0 Å². The second kappa shape index (κ2) is 5.44. The van der Waals surface area contributed by atoms with Gasteiger partial charge in [-0.05, 0) is 37.8 Å². The number of nitrogens with one attached hydrogen (secondary N) is 1. The van der Waals surface area contributed by atoms with Crippen molar-refractivity contribution in [3.63, 3.8) is 0 Å². The summed E-state index contributed by atoms with van der Waals surface area (Å²) in [5.41, 5.74) is 1.85. The van der Waals surface area contributed by atoms with Gasteiger partial charge in [0, 0.05) is 20.2 Å². The second-order valence-corrected chi connectivity index (χ2v) is 5.76. The van der Waals surface area contributed by atoms with Crippen molar-refractivity contribution < 1.29 is 9.53 Å². The van der Waals surface area contributed by atoms with E-state index in [1.54, 1.807) is 7.11 Å². The molecule has 4 nitrogen and oxygen atoms in total. The van der Waals surface area contributed by atoms with Crippen molar-refractivity contribution in [2.24, 2.45) is 0 Å². The van der Waals surface area contributed by atoms with Crippen LogP contribution >= 0.6 is 0 Å². The summed E-state index contributed by atoms with van der Waals surface area (Å²) in [5.74, 6) is 0.183. The number of carbonyl (C=O) groups is 1. The minimum absolute atomic E-state index is 0.183. The molecule has 2 aliphatic rings. The molecule has 1 aliphatic heterocycles. The number of methoxy groups -OCH3 is 1. The van der Waals surface area contributed by atoms with Crippen molar-refractivity contribution in [2.75, 3.05) is 30.4 Å². The maximum Gasteiger partial charge on any atom is 0.229 e. The minimum atomic E-state index is -0.203. The quantitative estimate of drug-likeness (QED) is 0.921. The number of para-hydroxylation sites is 2. The monoisotopic (exact) mass is 274 g/mol. The van der Waals surface area contributed by atoms with Crippen LogP contribution in [0, 0.1) is 0 Å². The average Bonchev–Trinajstić information content (AvgIpc) is 2.65. The molecule has 0 spiro atoms. The van der Waals surface area contributed by atoms with E-state index in [1.807, 2.05) is 29.2 Å². The summed E-state index contributed by atoms with van der Waals surface area (Å²) >= 11 is 0. The second-order valence-electron chi connectivity index (χ2n) is 5.76. The summed E-state index contributed by atoms with van der Waals surface area (Å²) in [5, 5.41) is 3.39. The zero-order valence-corrected chi connectivity index (χ0v) is 12.0. The van der Waals surface area contributed by atoms with Crippen LogP contribution in [-0.2, 0) is 9.53 Å². The summed E-state index contributed by atoms with van der Waals surface area (Å²) < 4.78 is 5.59. The third-order valence-corrected chi connectivity index (χ3v) is 4.54. The van der Waals surface area contributed by atoms with Crippen molar-refractivity contribution in [3.05, 3.63) is 24.3 Å². The summed E-state index contributed by atoms with van der Waals surface area (Å²) in [6.45, 7) is 1.69. The summed E-state index contributed by atoms with van der Waals surface area (Å²) in [7, 11) is 1.73. The van der Waals surface area contributed by atoms with E-state index in [4.69, 9.17) is 4.74 Å². The van der Waals surface area contributed by atoms with Gasteiger partial charge < -0.3 is 15.0 Å². The van der Waals surface area contributed by atoms with E-state index in [0.717, 1.165) is 43.7 Å². The highest BCUT2D eigenvalue weighted by atomic mass is 16.5. The van der Waals surface area contributed by atoms with Crippen LogP contribution in [0.4, 0.5) is 11.4 Å². The van der Waals surface area contributed by atoms with E-state index in [1.165, 1.54) is 6.42 Å². The van der Waals surface area contributed by atoms with Gasteiger partial charge in [0.1, 0.15) is 0 Å². The Labute approximate surface area is 120 Å². The Hall–Kier alpha value is -1.55. The molecule has 1 fully saturated rings. The Balaban J connectivity index is 1.80. The van der Waals surface area contributed by atoms with E-state index in [-0.39, 0.29) is 11.5 Å². The molecule has 1 aromatic carbocycles. The van der Waals surface area contributed by atoms with Crippen molar-refractivity contribution in [1.29, 1.82) is 0 Å². The lowest BCUT2D eigenvalue weighted by atomic mass is 9.77. The Morgan fingerprint density at radius 3 is 2.85 bits per heavy atom. The number of carbonyl (C=O) groups excluding carboxylic acids is 1. The lowest BCUT2D eigenvalue weighted by molar-refractivity contribution is -0.131. The third-order valence-electron chi connectivity index (χ3n) is 4.54. The van der Waals surface area contributed by atoms with Crippen molar-refractivity contribution >= 4 is 17.3 Å². The lowest BCUT2D eigenvalue weighted by Crippen LogP contribution is -2.45. The zero-order valence-electron chi connectivity index (χ0n) is 12.0. The molecule has 0 saturated heterocycles. The average molecular weight is 274 g/mol. The van der Waals surface area contributed by atoms with Crippen LogP contribution in [0.25, 0.3) is 0 Å². The number of rotatable bonds is 3. The first kappa shape index (κ1) is 13.4. The van der Waals surface area contributed by atoms with Gasteiger partial charge in [0.15, 0.2) is 0 Å². The Kier molecular flexibility index (Phi) is 3.66. The van der Waals surface area contributed by atoms with Crippen LogP contribution in [0.1, 0.15) is 32.1 Å². The van der Waals surface area contributed by atoms with Crippen LogP contribution in [-0.4, -0.2) is 31.7 Å². The van der Waals surface area contributed by atoms with Gasteiger partial charge in [0.2, 0.25) is 5.91 Å². The molecule has 0 bridgehead atoms. The summed E-state index contributed by atoms with van der Waals surface area (Å²) in [4.78, 5) is 14.6. The van der Waals surface area contributed by atoms with E-state index in [0.29, 0.717) is 6.42 Å². The van der Waals surface area contributed by atoms with Gasteiger partial charge in [-0.15, -0.1) is 0 Å². The lowest BCUT2D eigenvalue weighted by Gasteiger charge is -2.41. The van der Waals surface area contributed by atoms with Gasteiger partial charge in [-0.1, -0.05) is 12.1 Å². The maximum atomic E-state index is 12.7. The molecular weight excluding hydrogens is 252 g/mol. The molecule has 0 atom stereocenters. The van der Waals surface area contributed by atoms with E-state index in [9.17, 15) is 4.79 Å². The molecule has 0 unspecified atom stereocenters. The largest absolute Gasteiger partial charge is 0.383 e. The molecule has 1 N–H and O–H groups in total. The van der Waals surface area contributed by atoms with Crippen LogP contribution in [0.5, 0.6) is 0 Å². The Morgan fingerprint density at radius 1 is 1.35 bits per heavy atom. The number of benzene rings is 1. The van der Waals surface area contributed by atoms with Gasteiger partial charge in [0.25, 0.3) is 0 Å². The summed E-state index contributed by atoms with van der Waals surface area (Å²) in [6, 6.07) is 8.05. The molecule has 1 heterocycles. The molecule has 4 heteroatoms. The molecule has 0 radical (unpaired) electrons. The molecule has 1 amide bonds. The Morgan fingerprint density at radius 2 is 2.15 bits per heavy atom. The maximum absolute atomic E-state index is 12.7. The first-order chi connectivity index (χ1) is 9.74. The highest BCUT2D eigenvalue weighted by Gasteiger charge is 2.40. The van der Waals surface area contributed by atoms with E-state index in [2.05, 4.69) is 5.32 Å². The van der Waals surface area contributed by atoms with Gasteiger partial charge in [-0.2, -0.15) is 0 Å². The number of hydrogen-bond donors (Lipinski definition) is 1. The van der Waals surface area contributed by atoms with Crippen molar-refractivity contribution in [1.82, 2.24) is 0 Å². The Bertz CT molecular complexity index is 491. The number of nitrogens with zero attached hydrogens (tertiary/aromatic N) is 1. The van der Waals surface area contributed by atoms with Crippen LogP contribution in [0.2, 0.25) is 0 Å². The minimum Gasteiger partial charge on any atom is -0.383 e. The first-order valence-corrected chi connectivity index (χ1v) is 7.43. The fourth-order valence-corrected chi connectivity index (χ4v) is 3.09. The van der Waals surface area contributed by atoms with Gasteiger partial charge in [-0.3, -0.25) is 4.79 Å². The highest BCUT2D eigenvalue weighted by molar-refractivity contribution is 5.97. The molecule has 1 saturated carbocycles. The zero-order chi connectivity index (χ0) is 14.0. The number of anilines is 2. The van der Waals surface area contributed by atoms with E-state index < -0.39 is 0 Å². The van der Waals surface area contributed by atoms with Crippen LogP contribution in [0.3, 0.4) is 0 Å².